The molecule has 0 saturated carbocycles. The number of hydrogen-bond donors (Lipinski definition) is 2. The number of carbonyl (C=O) groups is 1. The third kappa shape index (κ3) is 8.15. The first kappa shape index (κ1) is 18.9. The number of benzene rings is 1. The molecule has 1 aromatic carbocycles. The van der Waals surface area contributed by atoms with Gasteiger partial charge in [-0.15, -0.1) is 0 Å². The molecular formula is C16H27N3O4. The van der Waals surface area contributed by atoms with E-state index in [9.17, 15) is 4.79 Å². The van der Waals surface area contributed by atoms with E-state index in [1.165, 1.54) is 0 Å². The van der Waals surface area contributed by atoms with Gasteiger partial charge in [-0.3, -0.25) is 0 Å². The lowest BCUT2D eigenvalue weighted by Gasteiger charge is -2.12. The average molecular weight is 325 g/mol. The van der Waals surface area contributed by atoms with Gasteiger partial charge < -0.3 is 29.7 Å². The summed E-state index contributed by atoms with van der Waals surface area (Å²) in [5.41, 5.74) is 0. The first-order chi connectivity index (χ1) is 11.0. The fraction of sp³-hybridized carbons (Fsp3) is 0.562. The van der Waals surface area contributed by atoms with Crippen LogP contribution < -0.4 is 24.8 Å². The van der Waals surface area contributed by atoms with Crippen molar-refractivity contribution < 1.29 is 19.0 Å². The molecule has 0 unspecified atom stereocenters. The minimum absolute atomic E-state index is 0.185. The lowest BCUT2D eigenvalue weighted by Crippen LogP contribution is -2.38. The summed E-state index contributed by atoms with van der Waals surface area (Å²) in [5, 5.41) is 5.55. The number of hydrogen-bond acceptors (Lipinski definition) is 5. The number of urea groups is 1. The SMILES string of the molecule is COc1cc(OC)cc(OCCNC(=O)NCCCN(C)C)c1. The number of rotatable bonds is 10. The summed E-state index contributed by atoms with van der Waals surface area (Å²) in [6.07, 6.45) is 0.917. The zero-order chi connectivity index (χ0) is 17.1. The second-order valence-electron chi connectivity index (χ2n) is 5.24. The predicted octanol–water partition coefficient (Wildman–Crippen LogP) is 1.33. The molecule has 0 aliphatic rings. The van der Waals surface area contributed by atoms with Gasteiger partial charge in [-0.25, -0.2) is 4.79 Å². The minimum atomic E-state index is -0.185. The van der Waals surface area contributed by atoms with E-state index in [2.05, 4.69) is 15.5 Å². The number of nitrogens with one attached hydrogen (secondary N) is 2. The Kier molecular flexibility index (Phi) is 8.67. The fourth-order valence-corrected chi connectivity index (χ4v) is 1.86. The van der Waals surface area contributed by atoms with Crippen molar-refractivity contribution in [1.82, 2.24) is 15.5 Å². The van der Waals surface area contributed by atoms with Gasteiger partial charge in [0, 0.05) is 24.7 Å². The second-order valence-corrected chi connectivity index (χ2v) is 5.24. The predicted molar refractivity (Wildman–Crippen MR) is 89.6 cm³/mol. The maximum Gasteiger partial charge on any atom is 0.314 e. The van der Waals surface area contributed by atoms with Gasteiger partial charge in [-0.2, -0.15) is 0 Å². The molecule has 2 N–H and O–H groups in total. The summed E-state index contributed by atoms with van der Waals surface area (Å²) in [6, 6.07) is 5.12. The van der Waals surface area contributed by atoms with Crippen LogP contribution in [0.5, 0.6) is 17.2 Å². The molecule has 7 nitrogen and oxygen atoms in total. The third-order valence-corrected chi connectivity index (χ3v) is 3.05. The van der Waals surface area contributed by atoms with Crippen LogP contribution in [0.4, 0.5) is 4.79 Å². The largest absolute Gasteiger partial charge is 0.496 e. The molecule has 0 aliphatic carbocycles. The molecule has 0 bridgehead atoms. The topological polar surface area (TPSA) is 72.1 Å². The van der Waals surface area contributed by atoms with Crippen molar-refractivity contribution in [2.24, 2.45) is 0 Å². The quantitative estimate of drug-likeness (QED) is 0.635. The van der Waals surface area contributed by atoms with E-state index in [0.717, 1.165) is 13.0 Å². The minimum Gasteiger partial charge on any atom is -0.496 e. The van der Waals surface area contributed by atoms with Crippen LogP contribution in [0.1, 0.15) is 6.42 Å². The van der Waals surface area contributed by atoms with E-state index in [-0.39, 0.29) is 6.03 Å². The molecule has 23 heavy (non-hydrogen) atoms. The molecule has 0 spiro atoms. The zero-order valence-corrected chi connectivity index (χ0v) is 14.3. The first-order valence-electron chi connectivity index (χ1n) is 7.57. The van der Waals surface area contributed by atoms with Gasteiger partial charge in [0.25, 0.3) is 0 Å². The first-order valence-corrected chi connectivity index (χ1v) is 7.57. The summed E-state index contributed by atoms with van der Waals surface area (Å²) in [5.74, 6) is 1.95. The molecule has 1 rings (SSSR count). The summed E-state index contributed by atoms with van der Waals surface area (Å²) in [7, 11) is 7.18. The highest BCUT2D eigenvalue weighted by atomic mass is 16.5. The van der Waals surface area contributed by atoms with Gasteiger partial charge in [0.05, 0.1) is 20.8 Å². The molecule has 0 heterocycles. The Labute approximate surface area is 137 Å². The van der Waals surface area contributed by atoms with Crippen LogP contribution in [0.25, 0.3) is 0 Å². The number of amides is 2. The molecule has 0 saturated heterocycles. The summed E-state index contributed by atoms with van der Waals surface area (Å²) in [4.78, 5) is 13.6. The highest BCUT2D eigenvalue weighted by Gasteiger charge is 2.03. The van der Waals surface area contributed by atoms with Crippen LogP contribution in [0.15, 0.2) is 18.2 Å². The molecule has 7 heteroatoms. The van der Waals surface area contributed by atoms with E-state index in [1.54, 1.807) is 32.4 Å². The maximum atomic E-state index is 11.6. The van der Waals surface area contributed by atoms with E-state index >= 15 is 0 Å². The van der Waals surface area contributed by atoms with E-state index in [0.29, 0.717) is 36.9 Å². The van der Waals surface area contributed by atoms with Gasteiger partial charge in [0.2, 0.25) is 0 Å². The van der Waals surface area contributed by atoms with Crippen LogP contribution in [-0.4, -0.2) is 65.5 Å². The van der Waals surface area contributed by atoms with Crippen LogP contribution >= 0.6 is 0 Å². The smallest absolute Gasteiger partial charge is 0.314 e. The molecule has 0 aromatic heterocycles. The van der Waals surface area contributed by atoms with Crippen molar-refractivity contribution in [3.8, 4) is 17.2 Å². The normalized spacial score (nSPS) is 10.3. The molecule has 1 aromatic rings. The van der Waals surface area contributed by atoms with Crippen molar-refractivity contribution in [3.63, 3.8) is 0 Å². The van der Waals surface area contributed by atoms with Gasteiger partial charge >= 0.3 is 6.03 Å². The van der Waals surface area contributed by atoms with Gasteiger partial charge in [0.1, 0.15) is 23.9 Å². The zero-order valence-electron chi connectivity index (χ0n) is 14.3. The molecular weight excluding hydrogens is 298 g/mol. The van der Waals surface area contributed by atoms with Gasteiger partial charge in [-0.05, 0) is 27.1 Å². The van der Waals surface area contributed by atoms with E-state index in [1.807, 2.05) is 14.1 Å². The third-order valence-electron chi connectivity index (χ3n) is 3.05. The number of methoxy groups -OCH3 is 2. The maximum absolute atomic E-state index is 11.6. The Morgan fingerprint density at radius 1 is 1.00 bits per heavy atom. The molecule has 130 valence electrons. The summed E-state index contributed by atoms with van der Waals surface area (Å²) >= 11 is 0. The van der Waals surface area contributed by atoms with Crippen LogP contribution in [0, 0.1) is 0 Å². The number of nitrogens with zero attached hydrogens (tertiary/aromatic N) is 1. The standard InChI is InChI=1S/C16H27N3O4/c1-19(2)8-5-6-17-16(20)18-7-9-23-15-11-13(21-3)10-14(12-15)22-4/h10-12H,5-9H2,1-4H3,(H2,17,18,20). The van der Waals surface area contributed by atoms with E-state index in [4.69, 9.17) is 14.2 Å². The van der Waals surface area contributed by atoms with Crippen molar-refractivity contribution in [1.29, 1.82) is 0 Å². The van der Waals surface area contributed by atoms with E-state index < -0.39 is 0 Å². The fourth-order valence-electron chi connectivity index (χ4n) is 1.86. The number of carbonyl (C=O) groups excluding carboxylic acids is 1. The Balaban J connectivity index is 2.22. The van der Waals surface area contributed by atoms with Crippen molar-refractivity contribution in [2.45, 2.75) is 6.42 Å². The summed E-state index contributed by atoms with van der Waals surface area (Å²) in [6.45, 7) is 2.37. The molecule has 0 atom stereocenters. The lowest BCUT2D eigenvalue weighted by molar-refractivity contribution is 0.235. The average Bonchev–Trinajstić information content (AvgIpc) is 2.55. The van der Waals surface area contributed by atoms with Crippen LogP contribution in [0.2, 0.25) is 0 Å². The molecule has 0 aliphatic heterocycles. The number of ether oxygens (including phenoxy) is 3. The Hall–Kier alpha value is -2.15. The van der Waals surface area contributed by atoms with Crippen molar-refractivity contribution in [2.75, 3.05) is 54.6 Å². The van der Waals surface area contributed by atoms with Crippen molar-refractivity contribution >= 4 is 6.03 Å². The van der Waals surface area contributed by atoms with Gasteiger partial charge in [0.15, 0.2) is 0 Å². The monoisotopic (exact) mass is 325 g/mol. The molecule has 0 fully saturated rings. The van der Waals surface area contributed by atoms with Crippen LogP contribution in [-0.2, 0) is 0 Å². The van der Waals surface area contributed by atoms with Crippen molar-refractivity contribution in [3.05, 3.63) is 18.2 Å². The Bertz CT molecular complexity index is 458. The summed E-state index contributed by atoms with van der Waals surface area (Å²) < 4.78 is 15.9. The van der Waals surface area contributed by atoms with Gasteiger partial charge in [-0.1, -0.05) is 0 Å². The molecule has 2 amide bonds. The Morgan fingerprint density at radius 3 is 2.13 bits per heavy atom. The highest BCUT2D eigenvalue weighted by molar-refractivity contribution is 5.73. The second kappa shape index (κ2) is 10.6. The Morgan fingerprint density at radius 2 is 1.57 bits per heavy atom. The molecule has 0 radical (unpaired) electrons. The highest BCUT2D eigenvalue weighted by Crippen LogP contribution is 2.27. The van der Waals surface area contributed by atoms with Crippen LogP contribution in [0.3, 0.4) is 0 Å². The lowest BCUT2D eigenvalue weighted by atomic mass is 10.3.